The number of benzene rings is 6. The molecule has 0 unspecified atom stereocenters. The molecule has 6 rings (SSSR count). The standard InChI is InChI=1S/C39H26F6O2/c40-38(41,42)37(39(43,44)45,31-17-21-33(22-18-31)46-35-15-7-13-29(25-35)27-9-3-1-4-10-27)32-19-23-34(24-20-32)47-36-16-8-14-30(26-36)28-11-5-2-6-12-28/h1-26H. The molecule has 0 fully saturated rings. The summed E-state index contributed by atoms with van der Waals surface area (Å²) in [6.45, 7) is 0. The number of ether oxygens (including phenoxy) is 2. The highest BCUT2D eigenvalue weighted by Gasteiger charge is 2.72. The molecule has 0 bridgehead atoms. The van der Waals surface area contributed by atoms with Gasteiger partial charge in [-0.2, -0.15) is 26.3 Å². The Bertz CT molecular complexity index is 1790. The van der Waals surface area contributed by atoms with Gasteiger partial charge in [-0.15, -0.1) is 0 Å². The Labute approximate surface area is 267 Å². The van der Waals surface area contributed by atoms with Gasteiger partial charge in [0.1, 0.15) is 23.0 Å². The van der Waals surface area contributed by atoms with Gasteiger partial charge in [-0.25, -0.2) is 0 Å². The van der Waals surface area contributed by atoms with E-state index in [4.69, 9.17) is 9.47 Å². The van der Waals surface area contributed by atoms with Gasteiger partial charge in [0, 0.05) is 0 Å². The van der Waals surface area contributed by atoms with Crippen LogP contribution in [0.1, 0.15) is 11.1 Å². The van der Waals surface area contributed by atoms with Crippen LogP contribution >= 0.6 is 0 Å². The van der Waals surface area contributed by atoms with Crippen molar-refractivity contribution in [2.75, 3.05) is 0 Å². The molecule has 236 valence electrons. The van der Waals surface area contributed by atoms with Crippen LogP contribution in [0.3, 0.4) is 0 Å². The minimum Gasteiger partial charge on any atom is -0.457 e. The lowest BCUT2D eigenvalue weighted by atomic mass is 9.73. The molecule has 0 saturated heterocycles. The number of hydrogen-bond donors (Lipinski definition) is 0. The molecule has 47 heavy (non-hydrogen) atoms. The summed E-state index contributed by atoms with van der Waals surface area (Å²) in [7, 11) is 0. The van der Waals surface area contributed by atoms with E-state index >= 15 is 0 Å². The normalized spacial score (nSPS) is 12.0. The van der Waals surface area contributed by atoms with Crippen LogP contribution in [-0.4, -0.2) is 12.4 Å². The largest absolute Gasteiger partial charge is 0.457 e. The highest BCUT2D eigenvalue weighted by atomic mass is 19.4. The molecule has 0 aliphatic rings. The van der Waals surface area contributed by atoms with Gasteiger partial charge >= 0.3 is 12.4 Å². The zero-order valence-corrected chi connectivity index (χ0v) is 24.6. The van der Waals surface area contributed by atoms with Crippen LogP contribution in [0.4, 0.5) is 26.3 Å². The molecule has 0 aromatic heterocycles. The first-order valence-electron chi connectivity index (χ1n) is 14.6. The first kappa shape index (κ1) is 31.5. The molecule has 0 aliphatic heterocycles. The van der Waals surface area contributed by atoms with Crippen LogP contribution in [0.2, 0.25) is 0 Å². The minimum absolute atomic E-state index is 0.0821. The van der Waals surface area contributed by atoms with Crippen LogP contribution in [0.15, 0.2) is 158 Å². The molecule has 0 saturated carbocycles. The van der Waals surface area contributed by atoms with E-state index in [1.807, 2.05) is 72.8 Å². The van der Waals surface area contributed by atoms with Crippen LogP contribution < -0.4 is 9.47 Å². The van der Waals surface area contributed by atoms with E-state index in [1.165, 1.54) is 0 Å². The number of alkyl halides is 6. The van der Waals surface area contributed by atoms with E-state index in [2.05, 4.69) is 0 Å². The van der Waals surface area contributed by atoms with Crippen molar-refractivity contribution >= 4 is 0 Å². The first-order chi connectivity index (χ1) is 22.5. The van der Waals surface area contributed by atoms with Crippen molar-refractivity contribution in [3.8, 4) is 45.3 Å². The fraction of sp³-hybridized carbons (Fsp3) is 0.0769. The zero-order chi connectivity index (χ0) is 33.1. The lowest BCUT2D eigenvalue weighted by Gasteiger charge is -2.38. The van der Waals surface area contributed by atoms with Crippen molar-refractivity contribution < 1.29 is 35.8 Å². The third-order valence-electron chi connectivity index (χ3n) is 7.78. The summed E-state index contributed by atoms with van der Waals surface area (Å²) in [5.41, 5.74) is -2.78. The summed E-state index contributed by atoms with van der Waals surface area (Å²) >= 11 is 0. The second-order valence-electron chi connectivity index (χ2n) is 10.8. The second-order valence-corrected chi connectivity index (χ2v) is 10.8. The van der Waals surface area contributed by atoms with Crippen LogP contribution in [0, 0.1) is 0 Å². The molecule has 2 nitrogen and oxygen atoms in total. The molecular weight excluding hydrogens is 614 g/mol. The Morgan fingerprint density at radius 2 is 0.660 bits per heavy atom. The van der Waals surface area contributed by atoms with E-state index in [0.29, 0.717) is 11.5 Å². The summed E-state index contributed by atoms with van der Waals surface area (Å²) in [5, 5.41) is 0. The molecule has 0 heterocycles. The topological polar surface area (TPSA) is 18.5 Å². The Hall–Kier alpha value is -5.50. The number of rotatable bonds is 8. The Balaban J connectivity index is 1.29. The lowest BCUT2D eigenvalue weighted by molar-refractivity contribution is -0.288. The van der Waals surface area contributed by atoms with Crippen molar-refractivity contribution in [3.63, 3.8) is 0 Å². The molecule has 0 aliphatic carbocycles. The second kappa shape index (κ2) is 12.7. The summed E-state index contributed by atoms with van der Waals surface area (Å²) in [4.78, 5) is 0. The Kier molecular flexibility index (Phi) is 8.52. The molecule has 0 atom stereocenters. The van der Waals surface area contributed by atoms with Crippen LogP contribution in [0.5, 0.6) is 23.0 Å². The predicted octanol–water partition coefficient (Wildman–Crippen LogP) is 12.0. The van der Waals surface area contributed by atoms with E-state index in [1.54, 1.807) is 36.4 Å². The minimum atomic E-state index is -5.73. The van der Waals surface area contributed by atoms with Gasteiger partial charge in [-0.1, -0.05) is 109 Å². The molecular formula is C39H26F6O2. The zero-order valence-electron chi connectivity index (χ0n) is 24.6. The number of halogens is 6. The summed E-state index contributed by atoms with van der Waals surface area (Å²) in [6.07, 6.45) is -11.5. The molecule has 6 aromatic rings. The highest BCUT2D eigenvalue weighted by molar-refractivity contribution is 5.66. The van der Waals surface area contributed by atoms with Crippen molar-refractivity contribution in [1.29, 1.82) is 0 Å². The van der Waals surface area contributed by atoms with Crippen molar-refractivity contribution in [3.05, 3.63) is 169 Å². The molecule has 0 amide bonds. The van der Waals surface area contributed by atoms with Gasteiger partial charge in [0.2, 0.25) is 5.41 Å². The third kappa shape index (κ3) is 6.45. The van der Waals surface area contributed by atoms with Crippen molar-refractivity contribution in [2.45, 2.75) is 17.8 Å². The average molecular weight is 641 g/mol. The summed E-state index contributed by atoms with van der Waals surface area (Å²) in [6, 6.07) is 40.5. The van der Waals surface area contributed by atoms with Gasteiger partial charge in [0.15, 0.2) is 0 Å². The fourth-order valence-electron chi connectivity index (χ4n) is 5.54. The molecule has 0 N–H and O–H groups in total. The quantitative estimate of drug-likeness (QED) is 0.154. The van der Waals surface area contributed by atoms with Gasteiger partial charge in [0.05, 0.1) is 0 Å². The van der Waals surface area contributed by atoms with Gasteiger partial charge < -0.3 is 9.47 Å². The molecule has 0 radical (unpaired) electrons. The van der Waals surface area contributed by atoms with Gasteiger partial charge in [-0.3, -0.25) is 0 Å². The predicted molar refractivity (Wildman–Crippen MR) is 170 cm³/mol. The van der Waals surface area contributed by atoms with E-state index in [0.717, 1.165) is 70.8 Å². The Morgan fingerprint density at radius 3 is 1.00 bits per heavy atom. The van der Waals surface area contributed by atoms with Crippen LogP contribution in [-0.2, 0) is 5.41 Å². The van der Waals surface area contributed by atoms with Gasteiger partial charge in [0.25, 0.3) is 0 Å². The molecule has 6 aromatic carbocycles. The van der Waals surface area contributed by atoms with Crippen molar-refractivity contribution in [1.82, 2.24) is 0 Å². The van der Waals surface area contributed by atoms with E-state index in [9.17, 15) is 26.3 Å². The van der Waals surface area contributed by atoms with E-state index < -0.39 is 28.9 Å². The summed E-state index contributed by atoms with van der Waals surface area (Å²) in [5.74, 6) is 0.918. The smallest absolute Gasteiger partial charge is 0.411 e. The van der Waals surface area contributed by atoms with Crippen LogP contribution in [0.25, 0.3) is 22.3 Å². The molecule has 0 spiro atoms. The maximum atomic E-state index is 14.8. The molecule has 8 heteroatoms. The highest BCUT2D eigenvalue weighted by Crippen LogP contribution is 2.56. The lowest BCUT2D eigenvalue weighted by Crippen LogP contribution is -2.54. The van der Waals surface area contributed by atoms with E-state index in [-0.39, 0.29) is 11.5 Å². The SMILES string of the molecule is FC(F)(F)C(c1ccc(Oc2cccc(-c3ccccc3)c2)cc1)(c1ccc(Oc2cccc(-c3ccccc3)c2)cc1)C(F)(F)F. The Morgan fingerprint density at radius 1 is 0.319 bits per heavy atom. The first-order valence-corrected chi connectivity index (χ1v) is 14.6. The number of hydrogen-bond acceptors (Lipinski definition) is 2. The van der Waals surface area contributed by atoms with Gasteiger partial charge in [-0.05, 0) is 81.9 Å². The maximum Gasteiger partial charge on any atom is 0.411 e. The fourth-order valence-corrected chi connectivity index (χ4v) is 5.54. The summed E-state index contributed by atoms with van der Waals surface area (Å²) < 4.78 is 100. The maximum absolute atomic E-state index is 14.8. The monoisotopic (exact) mass is 640 g/mol. The van der Waals surface area contributed by atoms with Crippen molar-refractivity contribution in [2.24, 2.45) is 0 Å². The third-order valence-corrected chi connectivity index (χ3v) is 7.78. The average Bonchev–Trinajstić information content (AvgIpc) is 3.06.